The van der Waals surface area contributed by atoms with E-state index < -0.39 is 23.3 Å². The zero-order chi connectivity index (χ0) is 21.3. The number of rotatable bonds is 3. The van der Waals surface area contributed by atoms with E-state index in [1.54, 1.807) is 11.8 Å². The van der Waals surface area contributed by atoms with Gasteiger partial charge in [-0.2, -0.15) is 0 Å². The molecule has 2 heterocycles. The zero-order valence-electron chi connectivity index (χ0n) is 16.8. The Labute approximate surface area is 182 Å². The Bertz CT molecular complexity index is 921. The Balaban J connectivity index is 1.76. The summed E-state index contributed by atoms with van der Waals surface area (Å²) >= 11 is 2.09. The topological polar surface area (TPSA) is 51.7 Å². The second kappa shape index (κ2) is 8.41. The number of fused-ring (bicyclic) bond motifs is 1. The summed E-state index contributed by atoms with van der Waals surface area (Å²) in [4.78, 5) is 18.5. The van der Waals surface area contributed by atoms with Crippen molar-refractivity contribution in [1.29, 1.82) is 0 Å². The van der Waals surface area contributed by atoms with Gasteiger partial charge in [-0.1, -0.05) is 0 Å². The lowest BCUT2D eigenvalue weighted by Gasteiger charge is -2.31. The first-order valence-corrected chi connectivity index (χ1v) is 10.3. The molecular formula is C21H23F2IN2O3. The molecule has 3 rings (SSSR count). The number of carbonyl (C=O) groups is 1. The minimum atomic E-state index is -0.647. The lowest BCUT2D eigenvalue weighted by molar-refractivity contribution is 0.0220. The summed E-state index contributed by atoms with van der Waals surface area (Å²) in [5.41, 5.74) is 1.51. The van der Waals surface area contributed by atoms with Crippen molar-refractivity contribution in [2.24, 2.45) is 0 Å². The Morgan fingerprint density at radius 2 is 1.90 bits per heavy atom. The van der Waals surface area contributed by atoms with Gasteiger partial charge in [-0.25, -0.2) is 18.6 Å². The molecule has 29 heavy (non-hydrogen) atoms. The van der Waals surface area contributed by atoms with E-state index in [0.29, 0.717) is 30.8 Å². The summed E-state index contributed by atoms with van der Waals surface area (Å²) in [6.07, 6.45) is 0.258. The highest BCUT2D eigenvalue weighted by Gasteiger charge is 2.27. The smallest absolute Gasteiger partial charge is 0.410 e. The lowest BCUT2D eigenvalue weighted by atomic mass is 10.1. The largest absolute Gasteiger partial charge is 0.472 e. The van der Waals surface area contributed by atoms with E-state index in [1.165, 1.54) is 12.1 Å². The standard InChI is InChI=1S/C21H23F2IN2O3/c1-12-7-15(22)14(16(23)8-12)11-28-19-17(24)9-13-5-6-26(10-18(13)25-19)20(27)29-21(2,3)4/h7-9H,5-6,10-11H2,1-4H3. The van der Waals surface area contributed by atoms with Gasteiger partial charge in [-0.15, -0.1) is 0 Å². The van der Waals surface area contributed by atoms with E-state index >= 15 is 0 Å². The van der Waals surface area contributed by atoms with Crippen molar-refractivity contribution < 1.29 is 23.0 Å². The number of aromatic nitrogens is 1. The molecule has 1 aromatic carbocycles. The average molecular weight is 516 g/mol. The molecule has 0 atom stereocenters. The van der Waals surface area contributed by atoms with Crippen molar-refractivity contribution in [3.05, 3.63) is 55.8 Å². The van der Waals surface area contributed by atoms with Crippen molar-refractivity contribution in [1.82, 2.24) is 9.88 Å². The number of halogens is 3. The zero-order valence-corrected chi connectivity index (χ0v) is 19.0. The first kappa shape index (κ1) is 21.7. The fourth-order valence-electron chi connectivity index (χ4n) is 3.01. The van der Waals surface area contributed by atoms with Crippen LogP contribution in [0.3, 0.4) is 0 Å². The number of pyridine rings is 1. The summed E-state index contributed by atoms with van der Waals surface area (Å²) in [5.74, 6) is -1.01. The molecule has 0 N–H and O–H groups in total. The summed E-state index contributed by atoms with van der Waals surface area (Å²) in [5, 5.41) is 0. The van der Waals surface area contributed by atoms with Gasteiger partial charge in [0.05, 0.1) is 21.4 Å². The van der Waals surface area contributed by atoms with Crippen LogP contribution in [-0.2, 0) is 24.3 Å². The quantitative estimate of drug-likeness (QED) is 0.530. The number of aryl methyl sites for hydroxylation is 1. The second-order valence-electron chi connectivity index (χ2n) is 8.03. The SMILES string of the molecule is Cc1cc(F)c(COc2nc3c(cc2I)CCN(C(=O)OC(C)(C)C)C3)c(F)c1. The Morgan fingerprint density at radius 1 is 1.24 bits per heavy atom. The monoisotopic (exact) mass is 516 g/mol. The number of amides is 1. The molecule has 0 saturated carbocycles. The minimum absolute atomic E-state index is 0.138. The molecule has 0 unspecified atom stereocenters. The van der Waals surface area contributed by atoms with E-state index in [2.05, 4.69) is 27.6 Å². The first-order chi connectivity index (χ1) is 13.5. The van der Waals surface area contributed by atoms with Gasteiger partial charge in [0.15, 0.2) is 0 Å². The van der Waals surface area contributed by atoms with Gasteiger partial charge in [0, 0.05) is 6.54 Å². The molecule has 0 aliphatic carbocycles. The third-order valence-electron chi connectivity index (χ3n) is 4.39. The maximum absolute atomic E-state index is 14.1. The van der Waals surface area contributed by atoms with Crippen molar-refractivity contribution in [3.63, 3.8) is 0 Å². The molecule has 8 heteroatoms. The number of benzene rings is 1. The average Bonchev–Trinajstić information content (AvgIpc) is 2.59. The summed E-state index contributed by atoms with van der Waals surface area (Å²) in [6, 6.07) is 4.48. The van der Waals surface area contributed by atoms with E-state index in [1.807, 2.05) is 26.8 Å². The molecule has 2 aromatic rings. The van der Waals surface area contributed by atoms with Crippen molar-refractivity contribution >= 4 is 28.7 Å². The van der Waals surface area contributed by atoms with Gasteiger partial charge < -0.3 is 14.4 Å². The molecule has 0 spiro atoms. The normalized spacial score (nSPS) is 13.8. The number of nitrogens with zero attached hydrogens (tertiary/aromatic N) is 2. The van der Waals surface area contributed by atoms with E-state index in [0.717, 1.165) is 9.13 Å². The highest BCUT2D eigenvalue weighted by Crippen LogP contribution is 2.28. The molecule has 1 aromatic heterocycles. The highest BCUT2D eigenvalue weighted by atomic mass is 127. The Morgan fingerprint density at radius 3 is 2.52 bits per heavy atom. The van der Waals surface area contributed by atoms with Crippen LogP contribution in [0.25, 0.3) is 0 Å². The van der Waals surface area contributed by atoms with Crippen LogP contribution in [0.1, 0.15) is 43.2 Å². The van der Waals surface area contributed by atoms with Gasteiger partial charge in [-0.3, -0.25) is 0 Å². The molecule has 1 aliphatic rings. The molecule has 1 aliphatic heterocycles. The van der Waals surface area contributed by atoms with Gasteiger partial charge in [-0.05, 0) is 86.0 Å². The van der Waals surface area contributed by atoms with Crippen LogP contribution in [0, 0.1) is 22.1 Å². The molecular weight excluding hydrogens is 493 g/mol. The van der Waals surface area contributed by atoms with E-state index in [-0.39, 0.29) is 18.1 Å². The fourth-order valence-corrected chi connectivity index (χ4v) is 3.66. The van der Waals surface area contributed by atoms with Gasteiger partial charge >= 0.3 is 6.09 Å². The predicted molar refractivity (Wildman–Crippen MR) is 113 cm³/mol. The first-order valence-electron chi connectivity index (χ1n) is 9.27. The Hall–Kier alpha value is -1.97. The minimum Gasteiger partial charge on any atom is -0.472 e. The van der Waals surface area contributed by atoms with Crippen molar-refractivity contribution in [2.45, 2.75) is 52.9 Å². The molecule has 0 bridgehead atoms. The molecule has 0 saturated heterocycles. The van der Waals surface area contributed by atoms with Crippen LogP contribution in [0.2, 0.25) is 0 Å². The third-order valence-corrected chi connectivity index (χ3v) is 5.17. The van der Waals surface area contributed by atoms with Crippen LogP contribution >= 0.6 is 22.6 Å². The molecule has 5 nitrogen and oxygen atoms in total. The van der Waals surface area contributed by atoms with Gasteiger partial charge in [0.2, 0.25) is 5.88 Å². The molecule has 0 fully saturated rings. The van der Waals surface area contributed by atoms with Crippen LogP contribution in [0.5, 0.6) is 5.88 Å². The van der Waals surface area contributed by atoms with Crippen LogP contribution in [0.15, 0.2) is 18.2 Å². The summed E-state index contributed by atoms with van der Waals surface area (Å²) in [7, 11) is 0. The second-order valence-corrected chi connectivity index (χ2v) is 9.19. The van der Waals surface area contributed by atoms with E-state index in [4.69, 9.17) is 9.47 Å². The molecule has 1 amide bonds. The van der Waals surface area contributed by atoms with E-state index in [9.17, 15) is 13.6 Å². The van der Waals surface area contributed by atoms with Crippen molar-refractivity contribution in [3.8, 4) is 5.88 Å². The predicted octanol–water partition coefficient (Wildman–Crippen LogP) is 5.15. The highest BCUT2D eigenvalue weighted by molar-refractivity contribution is 14.1. The maximum atomic E-state index is 14.1. The number of hydrogen-bond donors (Lipinski definition) is 0. The number of ether oxygens (including phenoxy) is 2. The van der Waals surface area contributed by atoms with Crippen LogP contribution < -0.4 is 4.74 Å². The molecule has 0 radical (unpaired) electrons. The number of hydrogen-bond acceptors (Lipinski definition) is 4. The number of carbonyl (C=O) groups excluding carboxylic acids is 1. The van der Waals surface area contributed by atoms with Crippen molar-refractivity contribution in [2.75, 3.05) is 6.54 Å². The third kappa shape index (κ3) is 5.34. The summed E-state index contributed by atoms with van der Waals surface area (Å²) < 4.78 is 39.9. The maximum Gasteiger partial charge on any atom is 0.410 e. The lowest BCUT2D eigenvalue weighted by Crippen LogP contribution is -2.40. The van der Waals surface area contributed by atoms with Gasteiger partial charge in [0.25, 0.3) is 0 Å². The van der Waals surface area contributed by atoms with Crippen LogP contribution in [0.4, 0.5) is 13.6 Å². The van der Waals surface area contributed by atoms with Gasteiger partial charge in [0.1, 0.15) is 23.8 Å². The molecule has 156 valence electrons. The Kier molecular flexibility index (Phi) is 6.30. The fraction of sp³-hybridized carbons (Fsp3) is 0.429. The summed E-state index contributed by atoms with van der Waals surface area (Å²) in [6.45, 7) is 7.65. The van der Waals surface area contributed by atoms with Crippen LogP contribution in [-0.4, -0.2) is 28.1 Å².